The van der Waals surface area contributed by atoms with E-state index >= 15 is 0 Å². The molecule has 34 heavy (non-hydrogen) atoms. The number of thiophene rings is 1. The number of esters is 2. The Morgan fingerprint density at radius 2 is 1.94 bits per heavy atom. The Hall–Kier alpha value is -3.52. The number of hydrogen-bond donors (Lipinski definition) is 1. The van der Waals surface area contributed by atoms with Gasteiger partial charge >= 0.3 is 11.9 Å². The van der Waals surface area contributed by atoms with Crippen LogP contribution in [0.2, 0.25) is 0 Å². The summed E-state index contributed by atoms with van der Waals surface area (Å²) in [5.41, 5.74) is 2.86. The highest BCUT2D eigenvalue weighted by molar-refractivity contribution is 7.17. The molecule has 2 heterocycles. The summed E-state index contributed by atoms with van der Waals surface area (Å²) in [6.45, 7) is 1.76. The molecular weight excluding hydrogens is 452 g/mol. The lowest BCUT2D eigenvalue weighted by atomic mass is 9.83. The first kappa shape index (κ1) is 23.6. The molecule has 0 spiro atoms. The Kier molecular flexibility index (Phi) is 7.37. The average Bonchev–Trinajstić information content (AvgIpc) is 3.24. The van der Waals surface area contributed by atoms with E-state index in [1.807, 2.05) is 18.2 Å². The zero-order valence-corrected chi connectivity index (χ0v) is 19.9. The van der Waals surface area contributed by atoms with Crippen LogP contribution in [0.1, 0.15) is 62.4 Å². The largest absolute Gasteiger partial charge is 0.465 e. The van der Waals surface area contributed by atoms with Gasteiger partial charge in [-0.25, -0.2) is 9.59 Å². The van der Waals surface area contributed by atoms with Gasteiger partial charge in [-0.05, 0) is 54.9 Å². The van der Waals surface area contributed by atoms with Crippen molar-refractivity contribution in [3.63, 3.8) is 0 Å². The number of aromatic nitrogens is 1. The highest BCUT2D eigenvalue weighted by Crippen LogP contribution is 2.42. The summed E-state index contributed by atoms with van der Waals surface area (Å²) in [7, 11) is 1.33. The molecular formula is C26H26N2O5S. The van der Waals surface area contributed by atoms with E-state index in [9.17, 15) is 14.4 Å². The first-order chi connectivity index (χ1) is 16.5. The van der Waals surface area contributed by atoms with Crippen LogP contribution >= 0.6 is 11.3 Å². The number of nitrogens with one attached hydrogen (secondary N) is 1. The molecule has 8 heteroatoms. The van der Waals surface area contributed by atoms with Crippen LogP contribution in [0.4, 0.5) is 5.00 Å². The lowest BCUT2D eigenvalue weighted by Gasteiger charge is -2.22. The molecule has 176 valence electrons. The van der Waals surface area contributed by atoms with Crippen molar-refractivity contribution in [2.24, 2.45) is 0 Å². The van der Waals surface area contributed by atoms with Crippen molar-refractivity contribution in [1.29, 1.82) is 0 Å². The molecule has 7 nitrogen and oxygen atoms in total. The highest BCUT2D eigenvalue weighted by Gasteiger charge is 2.32. The Morgan fingerprint density at radius 3 is 2.62 bits per heavy atom. The van der Waals surface area contributed by atoms with E-state index in [2.05, 4.69) is 22.4 Å². The van der Waals surface area contributed by atoms with Gasteiger partial charge < -0.3 is 14.8 Å². The quantitative estimate of drug-likeness (QED) is 0.491. The number of nitrogens with zero attached hydrogens (tertiary/aromatic N) is 1. The third kappa shape index (κ3) is 5.02. The molecule has 2 aromatic heterocycles. The van der Waals surface area contributed by atoms with Gasteiger partial charge in [0, 0.05) is 17.3 Å². The Balaban J connectivity index is 1.55. The normalized spacial score (nSPS) is 15.6. The third-order valence-corrected chi connectivity index (χ3v) is 7.14. The zero-order valence-electron chi connectivity index (χ0n) is 19.1. The predicted molar refractivity (Wildman–Crippen MR) is 129 cm³/mol. The molecule has 1 N–H and O–H groups in total. The number of benzene rings is 1. The highest BCUT2D eigenvalue weighted by atomic mass is 32.1. The van der Waals surface area contributed by atoms with Crippen LogP contribution in [0.5, 0.6) is 0 Å². The zero-order chi connectivity index (χ0) is 24.1. The molecule has 0 saturated carbocycles. The molecule has 3 aromatic rings. The summed E-state index contributed by atoms with van der Waals surface area (Å²) in [5, 5.41) is 3.27. The number of rotatable bonds is 7. The van der Waals surface area contributed by atoms with Gasteiger partial charge in [-0.15, -0.1) is 11.3 Å². The first-order valence-corrected chi connectivity index (χ1v) is 12.0. The van der Waals surface area contributed by atoms with E-state index in [0.717, 1.165) is 29.7 Å². The van der Waals surface area contributed by atoms with Crippen LogP contribution in [-0.4, -0.2) is 36.0 Å². The number of ether oxygens (including phenoxy) is 2. The number of carbonyl (C=O) groups excluding carboxylic acids is 3. The van der Waals surface area contributed by atoms with Gasteiger partial charge in [0.1, 0.15) is 5.00 Å². The average molecular weight is 479 g/mol. The minimum Gasteiger partial charge on any atom is -0.465 e. The summed E-state index contributed by atoms with van der Waals surface area (Å²) in [6.07, 6.45) is 4.64. The van der Waals surface area contributed by atoms with Gasteiger partial charge in [0.05, 0.1) is 18.2 Å². The van der Waals surface area contributed by atoms with Crippen LogP contribution < -0.4 is 5.32 Å². The summed E-state index contributed by atoms with van der Waals surface area (Å²) >= 11 is 1.39. The fraction of sp³-hybridized carbons (Fsp3) is 0.308. The molecule has 0 saturated heterocycles. The second-order valence-corrected chi connectivity index (χ2v) is 9.19. The molecule has 4 rings (SSSR count). The summed E-state index contributed by atoms with van der Waals surface area (Å²) in [4.78, 5) is 43.0. The molecule has 1 aliphatic rings. The van der Waals surface area contributed by atoms with Crippen molar-refractivity contribution in [2.75, 3.05) is 12.4 Å². The Morgan fingerprint density at radius 1 is 1.15 bits per heavy atom. The fourth-order valence-corrected chi connectivity index (χ4v) is 5.52. The van der Waals surface area contributed by atoms with Gasteiger partial charge in [0.2, 0.25) is 0 Å². The van der Waals surface area contributed by atoms with Crippen molar-refractivity contribution in [1.82, 2.24) is 4.98 Å². The van der Waals surface area contributed by atoms with E-state index in [-0.39, 0.29) is 12.0 Å². The molecule has 1 aliphatic carbocycles. The summed E-state index contributed by atoms with van der Waals surface area (Å²) in [6, 6.07) is 13.5. The van der Waals surface area contributed by atoms with E-state index in [1.165, 1.54) is 30.2 Å². The number of pyridine rings is 1. The smallest absolute Gasteiger partial charge is 0.341 e. The number of carbonyl (C=O) groups is 3. The summed E-state index contributed by atoms with van der Waals surface area (Å²) < 4.78 is 10.4. The Labute approximate surface area is 202 Å². The minimum absolute atomic E-state index is 0.266. The second kappa shape index (κ2) is 10.6. The van der Waals surface area contributed by atoms with E-state index in [0.29, 0.717) is 16.5 Å². The molecule has 0 bridgehead atoms. The molecule has 1 aromatic carbocycles. The van der Waals surface area contributed by atoms with Gasteiger partial charge in [-0.1, -0.05) is 37.3 Å². The predicted octanol–water partition coefficient (Wildman–Crippen LogP) is 4.78. The van der Waals surface area contributed by atoms with Crippen LogP contribution in [-0.2, 0) is 27.1 Å². The van der Waals surface area contributed by atoms with Gasteiger partial charge in [0.15, 0.2) is 6.10 Å². The van der Waals surface area contributed by atoms with Crippen molar-refractivity contribution in [2.45, 2.75) is 44.6 Å². The van der Waals surface area contributed by atoms with E-state index < -0.39 is 23.9 Å². The van der Waals surface area contributed by atoms with Gasteiger partial charge in [-0.2, -0.15) is 0 Å². The molecule has 1 amide bonds. The maximum Gasteiger partial charge on any atom is 0.341 e. The molecule has 0 aliphatic heterocycles. The lowest BCUT2D eigenvalue weighted by Crippen LogP contribution is -2.32. The molecule has 0 fully saturated rings. The van der Waals surface area contributed by atoms with Crippen molar-refractivity contribution < 1.29 is 23.9 Å². The molecule has 2 atom stereocenters. The third-order valence-electron chi connectivity index (χ3n) is 5.97. The van der Waals surface area contributed by atoms with Gasteiger partial charge in [0.25, 0.3) is 5.91 Å². The van der Waals surface area contributed by atoms with Gasteiger partial charge in [-0.3, -0.25) is 9.78 Å². The summed E-state index contributed by atoms with van der Waals surface area (Å²) in [5.74, 6) is -1.24. The van der Waals surface area contributed by atoms with Crippen LogP contribution in [0.15, 0.2) is 54.9 Å². The fourth-order valence-electron chi connectivity index (χ4n) is 4.20. The van der Waals surface area contributed by atoms with Crippen molar-refractivity contribution >= 4 is 34.2 Å². The second-order valence-electron chi connectivity index (χ2n) is 8.08. The van der Waals surface area contributed by atoms with Crippen LogP contribution in [0.3, 0.4) is 0 Å². The Bertz CT molecular complexity index is 1180. The SMILES string of the molecule is CCC(OC(=O)c1cccnc1)C(=O)Nc1sc2c(c1C(=O)OC)CCC(c1ccccc1)C2. The number of fused-ring (bicyclic) bond motifs is 1. The number of methoxy groups -OCH3 is 1. The van der Waals surface area contributed by atoms with Crippen molar-refractivity contribution in [3.8, 4) is 0 Å². The van der Waals surface area contributed by atoms with E-state index in [1.54, 1.807) is 25.3 Å². The number of anilines is 1. The monoisotopic (exact) mass is 478 g/mol. The first-order valence-electron chi connectivity index (χ1n) is 11.2. The topological polar surface area (TPSA) is 94.6 Å². The van der Waals surface area contributed by atoms with E-state index in [4.69, 9.17) is 9.47 Å². The maximum atomic E-state index is 13.0. The van der Waals surface area contributed by atoms with Crippen LogP contribution in [0.25, 0.3) is 0 Å². The maximum absolute atomic E-state index is 13.0. The lowest BCUT2D eigenvalue weighted by molar-refractivity contribution is -0.124. The number of hydrogen-bond acceptors (Lipinski definition) is 7. The number of amides is 1. The molecule has 0 radical (unpaired) electrons. The molecule has 2 unspecified atom stereocenters. The minimum atomic E-state index is -1.01. The standard InChI is InChI=1S/C26H26N2O5S/c1-3-20(33-25(30)18-10-7-13-27-15-18)23(29)28-24-22(26(31)32-2)19-12-11-17(14-21(19)34-24)16-8-5-4-6-9-16/h4-10,13,15,17,20H,3,11-12,14H2,1-2H3,(H,28,29). The van der Waals surface area contributed by atoms with Crippen molar-refractivity contribution in [3.05, 3.63) is 82.0 Å². The van der Waals surface area contributed by atoms with Crippen LogP contribution in [0, 0.1) is 0 Å².